The molecule has 0 atom stereocenters. The highest BCUT2D eigenvalue weighted by atomic mass is 19.1. The van der Waals surface area contributed by atoms with Crippen molar-refractivity contribution in [3.05, 3.63) is 46.0 Å². The van der Waals surface area contributed by atoms with Crippen LogP contribution in [0.3, 0.4) is 0 Å². The molecular formula is C11H11FN4O3. The van der Waals surface area contributed by atoms with E-state index < -0.39 is 10.7 Å². The summed E-state index contributed by atoms with van der Waals surface area (Å²) in [5.41, 5.74) is 0.512. The minimum Gasteiger partial charge on any atom is -0.396 e. The molecule has 2 rings (SSSR count). The maximum Gasteiger partial charge on any atom is 0.274 e. The van der Waals surface area contributed by atoms with Crippen molar-refractivity contribution in [2.24, 2.45) is 0 Å². The summed E-state index contributed by atoms with van der Waals surface area (Å²) < 4.78 is 14.6. The van der Waals surface area contributed by atoms with E-state index in [1.165, 1.54) is 10.7 Å². The number of aromatic nitrogens is 3. The Labute approximate surface area is 107 Å². The number of nitro groups is 1. The average molecular weight is 266 g/mol. The molecule has 0 unspecified atom stereocenters. The van der Waals surface area contributed by atoms with Crippen LogP contribution in [0.5, 0.6) is 0 Å². The third-order valence-corrected chi connectivity index (χ3v) is 2.47. The van der Waals surface area contributed by atoms with E-state index in [0.717, 1.165) is 12.1 Å². The van der Waals surface area contributed by atoms with Gasteiger partial charge in [-0.2, -0.15) is 0 Å². The van der Waals surface area contributed by atoms with E-state index in [1.807, 2.05) is 0 Å². The van der Waals surface area contributed by atoms with Crippen LogP contribution in [0.2, 0.25) is 0 Å². The number of hydrogen-bond donors (Lipinski definition) is 1. The highest BCUT2D eigenvalue weighted by Crippen LogP contribution is 2.19. The number of aliphatic hydroxyl groups is 1. The van der Waals surface area contributed by atoms with Gasteiger partial charge in [-0.3, -0.25) is 10.1 Å². The average Bonchev–Trinajstić information content (AvgIpc) is 2.84. The summed E-state index contributed by atoms with van der Waals surface area (Å²) in [7, 11) is 0. The maximum atomic E-state index is 13.3. The largest absolute Gasteiger partial charge is 0.396 e. The van der Waals surface area contributed by atoms with Gasteiger partial charge in [0.25, 0.3) is 5.69 Å². The van der Waals surface area contributed by atoms with Crippen molar-refractivity contribution in [1.82, 2.24) is 15.0 Å². The van der Waals surface area contributed by atoms with Crippen molar-refractivity contribution in [1.29, 1.82) is 0 Å². The van der Waals surface area contributed by atoms with Crippen LogP contribution in [-0.2, 0) is 6.42 Å². The fraction of sp³-hybridized carbons (Fsp3) is 0.273. The lowest BCUT2D eigenvalue weighted by molar-refractivity contribution is -0.385. The molecule has 0 aliphatic rings. The topological polar surface area (TPSA) is 94.1 Å². The summed E-state index contributed by atoms with van der Waals surface area (Å²) in [6.45, 7) is 0.0400. The number of non-ortho nitro benzene ring substituents is 1. The van der Waals surface area contributed by atoms with Crippen molar-refractivity contribution < 1.29 is 14.4 Å². The first-order valence-electron chi connectivity index (χ1n) is 5.57. The predicted octanol–water partition coefficient (Wildman–Crippen LogP) is 1.24. The minimum absolute atomic E-state index is 0.0400. The molecule has 1 aromatic heterocycles. The van der Waals surface area contributed by atoms with E-state index in [-0.39, 0.29) is 18.0 Å². The lowest BCUT2D eigenvalue weighted by Gasteiger charge is -2.00. The Bertz CT molecular complexity index is 599. The lowest BCUT2D eigenvalue weighted by atomic mass is 10.2. The van der Waals surface area contributed by atoms with Crippen LogP contribution in [0.1, 0.15) is 12.1 Å². The first-order valence-corrected chi connectivity index (χ1v) is 5.57. The van der Waals surface area contributed by atoms with Gasteiger partial charge in [0, 0.05) is 18.7 Å². The fourth-order valence-electron chi connectivity index (χ4n) is 1.60. The quantitative estimate of drug-likeness (QED) is 0.649. The first kappa shape index (κ1) is 13.1. The zero-order valence-electron chi connectivity index (χ0n) is 9.86. The number of halogens is 1. The number of benzene rings is 1. The second-order valence-corrected chi connectivity index (χ2v) is 3.91. The van der Waals surface area contributed by atoms with Crippen molar-refractivity contribution in [3.63, 3.8) is 0 Å². The summed E-state index contributed by atoms with van der Waals surface area (Å²) in [6.07, 6.45) is 2.63. The van der Waals surface area contributed by atoms with Gasteiger partial charge in [-0.15, -0.1) is 5.10 Å². The molecule has 0 saturated heterocycles. The third-order valence-electron chi connectivity index (χ3n) is 2.47. The highest BCUT2D eigenvalue weighted by Gasteiger charge is 2.12. The Balaban J connectivity index is 2.30. The Morgan fingerprint density at radius 1 is 1.42 bits per heavy atom. The zero-order chi connectivity index (χ0) is 13.8. The number of hydrogen-bond acceptors (Lipinski definition) is 5. The Kier molecular flexibility index (Phi) is 3.81. The SMILES string of the molecule is O=[N+]([O-])c1cc(F)cc(-n2cc(CCCO)nn2)c1. The van der Waals surface area contributed by atoms with Crippen molar-refractivity contribution in [3.8, 4) is 5.69 Å². The molecule has 1 N–H and O–H groups in total. The summed E-state index contributed by atoms with van der Waals surface area (Å²) in [5, 5.41) is 27.0. The molecule has 0 amide bonds. The van der Waals surface area contributed by atoms with Crippen LogP contribution < -0.4 is 0 Å². The smallest absolute Gasteiger partial charge is 0.274 e. The first-order chi connectivity index (χ1) is 9.10. The van der Waals surface area contributed by atoms with Crippen LogP contribution in [-0.4, -0.2) is 31.6 Å². The number of rotatable bonds is 5. The molecule has 0 saturated carbocycles. The van der Waals surface area contributed by atoms with Gasteiger partial charge in [-0.25, -0.2) is 9.07 Å². The van der Waals surface area contributed by atoms with Crippen molar-refractivity contribution >= 4 is 5.69 Å². The van der Waals surface area contributed by atoms with Crippen molar-refractivity contribution in [2.45, 2.75) is 12.8 Å². The number of aryl methyl sites for hydroxylation is 1. The summed E-state index contributed by atoms with van der Waals surface area (Å²) in [4.78, 5) is 9.98. The van der Waals surface area contributed by atoms with Gasteiger partial charge in [0.05, 0.1) is 28.6 Å². The molecule has 0 radical (unpaired) electrons. The van der Waals surface area contributed by atoms with E-state index >= 15 is 0 Å². The molecular weight excluding hydrogens is 255 g/mol. The van der Waals surface area contributed by atoms with Gasteiger partial charge in [0.2, 0.25) is 0 Å². The Hall–Kier alpha value is -2.35. The molecule has 8 heteroatoms. The lowest BCUT2D eigenvalue weighted by Crippen LogP contribution is -1.98. The highest BCUT2D eigenvalue weighted by molar-refractivity contribution is 5.43. The molecule has 1 aromatic carbocycles. The molecule has 1 heterocycles. The van der Waals surface area contributed by atoms with Gasteiger partial charge >= 0.3 is 0 Å². The van der Waals surface area contributed by atoms with Gasteiger partial charge in [-0.05, 0) is 12.8 Å². The molecule has 2 aromatic rings. The molecule has 0 bridgehead atoms. The second-order valence-electron chi connectivity index (χ2n) is 3.91. The van der Waals surface area contributed by atoms with Gasteiger partial charge in [0.1, 0.15) is 5.82 Å². The molecule has 0 aliphatic heterocycles. The predicted molar refractivity (Wildman–Crippen MR) is 63.4 cm³/mol. The normalized spacial score (nSPS) is 10.6. The van der Waals surface area contributed by atoms with E-state index in [2.05, 4.69) is 10.3 Å². The summed E-state index contributed by atoms with van der Waals surface area (Å²) in [5.74, 6) is -0.711. The molecule has 0 aliphatic carbocycles. The molecule has 0 spiro atoms. The summed E-state index contributed by atoms with van der Waals surface area (Å²) >= 11 is 0. The molecule has 0 fully saturated rings. The Morgan fingerprint density at radius 3 is 2.89 bits per heavy atom. The van der Waals surface area contributed by atoms with Gasteiger partial charge in [-0.1, -0.05) is 5.21 Å². The minimum atomic E-state index is -0.711. The molecule has 7 nitrogen and oxygen atoms in total. The van der Waals surface area contributed by atoms with Crippen LogP contribution in [0.15, 0.2) is 24.4 Å². The van der Waals surface area contributed by atoms with E-state index in [1.54, 1.807) is 6.20 Å². The molecule has 19 heavy (non-hydrogen) atoms. The monoisotopic (exact) mass is 266 g/mol. The fourth-order valence-corrected chi connectivity index (χ4v) is 1.60. The third kappa shape index (κ3) is 3.10. The number of nitrogens with zero attached hydrogens (tertiary/aromatic N) is 4. The zero-order valence-corrected chi connectivity index (χ0v) is 9.86. The van der Waals surface area contributed by atoms with E-state index in [9.17, 15) is 14.5 Å². The molecule has 100 valence electrons. The number of aliphatic hydroxyl groups excluding tert-OH is 1. The van der Waals surface area contributed by atoms with Gasteiger partial charge < -0.3 is 5.11 Å². The van der Waals surface area contributed by atoms with E-state index in [0.29, 0.717) is 18.5 Å². The van der Waals surface area contributed by atoms with E-state index in [4.69, 9.17) is 5.11 Å². The van der Waals surface area contributed by atoms with Crippen LogP contribution in [0, 0.1) is 15.9 Å². The number of nitro benzene ring substituents is 1. The van der Waals surface area contributed by atoms with Crippen molar-refractivity contribution in [2.75, 3.05) is 6.61 Å². The summed E-state index contributed by atoms with van der Waals surface area (Å²) in [6, 6.07) is 3.19. The van der Waals surface area contributed by atoms with Crippen LogP contribution in [0.4, 0.5) is 10.1 Å². The van der Waals surface area contributed by atoms with Crippen LogP contribution in [0.25, 0.3) is 5.69 Å². The maximum absolute atomic E-state index is 13.3. The standard InChI is InChI=1S/C11H11FN4O3/c12-8-4-10(6-11(5-8)16(18)19)15-7-9(13-14-15)2-1-3-17/h4-7,17H,1-3H2. The second kappa shape index (κ2) is 5.53. The Morgan fingerprint density at radius 2 is 2.21 bits per heavy atom. The van der Waals surface area contributed by atoms with Gasteiger partial charge in [0.15, 0.2) is 0 Å². The van der Waals surface area contributed by atoms with Crippen LogP contribution >= 0.6 is 0 Å².